The fourth-order valence-corrected chi connectivity index (χ4v) is 3.63. The maximum Gasteiger partial charge on any atom is 0.0470 e. The Hall–Kier alpha value is -0.240. The molecule has 1 nitrogen and oxygen atoms in total. The van der Waals surface area contributed by atoms with Gasteiger partial charge in [-0.3, -0.25) is 0 Å². The second-order valence-corrected chi connectivity index (χ2v) is 5.98. The summed E-state index contributed by atoms with van der Waals surface area (Å²) in [6.07, 6.45) is 2.41. The number of aryl methyl sites for hydroxylation is 1. The van der Waals surface area contributed by atoms with Crippen LogP contribution in [-0.2, 0) is 6.42 Å². The standard InChI is InChI=1S/C14H18ClN.ClH/c1-9-3-4-10-11(13(9)15)5-6-14(2)8-16-7-12(10)14;/h3-4,12,16H,5-8H2,1-2H3;1H/t12-,14+;/m1./s1. The fraction of sp³-hybridized carbons (Fsp3) is 0.571. The highest BCUT2D eigenvalue weighted by atomic mass is 35.5. The van der Waals surface area contributed by atoms with E-state index in [1.165, 1.54) is 23.1 Å². The summed E-state index contributed by atoms with van der Waals surface area (Å²) >= 11 is 6.43. The maximum atomic E-state index is 6.43. The zero-order chi connectivity index (χ0) is 11.3. The van der Waals surface area contributed by atoms with Gasteiger partial charge in [-0.1, -0.05) is 30.7 Å². The number of nitrogens with one attached hydrogen (secondary N) is 1. The molecule has 1 fully saturated rings. The average molecular weight is 272 g/mol. The van der Waals surface area contributed by atoms with Crippen molar-refractivity contribution in [3.8, 4) is 0 Å². The van der Waals surface area contributed by atoms with Crippen LogP contribution in [0.2, 0.25) is 5.02 Å². The topological polar surface area (TPSA) is 12.0 Å². The van der Waals surface area contributed by atoms with Gasteiger partial charge in [-0.25, -0.2) is 0 Å². The zero-order valence-electron chi connectivity index (χ0n) is 10.3. The first kappa shape index (κ1) is 13.2. The largest absolute Gasteiger partial charge is 0.316 e. The van der Waals surface area contributed by atoms with Crippen LogP contribution in [0.5, 0.6) is 0 Å². The number of hydrogen-bond acceptors (Lipinski definition) is 1. The van der Waals surface area contributed by atoms with Crippen LogP contribution >= 0.6 is 24.0 Å². The first-order valence-electron chi connectivity index (χ1n) is 6.10. The Bertz CT molecular complexity index is 444. The first-order chi connectivity index (χ1) is 7.62. The van der Waals surface area contributed by atoms with Crippen LogP contribution in [0.15, 0.2) is 12.1 Å². The lowest BCUT2D eigenvalue weighted by Gasteiger charge is -2.37. The third kappa shape index (κ3) is 1.89. The summed E-state index contributed by atoms with van der Waals surface area (Å²) in [5.41, 5.74) is 4.57. The Morgan fingerprint density at radius 1 is 1.41 bits per heavy atom. The van der Waals surface area contributed by atoms with Crippen LogP contribution in [0, 0.1) is 12.3 Å². The highest BCUT2D eigenvalue weighted by Crippen LogP contribution is 2.49. The zero-order valence-corrected chi connectivity index (χ0v) is 11.9. The quantitative estimate of drug-likeness (QED) is 0.759. The number of benzene rings is 1. The van der Waals surface area contributed by atoms with Gasteiger partial charge < -0.3 is 5.32 Å². The Morgan fingerprint density at radius 3 is 2.94 bits per heavy atom. The molecule has 0 saturated carbocycles. The SMILES string of the molecule is Cc1ccc2c(c1Cl)CC[C@@]1(C)CNC[C@H]21.Cl. The monoisotopic (exact) mass is 271 g/mol. The van der Waals surface area contributed by atoms with Crippen molar-refractivity contribution < 1.29 is 0 Å². The third-order valence-electron chi connectivity index (χ3n) is 4.51. The van der Waals surface area contributed by atoms with E-state index in [4.69, 9.17) is 11.6 Å². The molecule has 0 radical (unpaired) electrons. The van der Waals surface area contributed by atoms with Crippen molar-refractivity contribution in [2.24, 2.45) is 5.41 Å². The molecule has 1 aliphatic carbocycles. The van der Waals surface area contributed by atoms with Gasteiger partial charge in [0.2, 0.25) is 0 Å². The van der Waals surface area contributed by atoms with Crippen LogP contribution in [0.3, 0.4) is 0 Å². The van der Waals surface area contributed by atoms with Gasteiger partial charge in [0, 0.05) is 24.0 Å². The fourth-order valence-electron chi connectivity index (χ4n) is 3.36. The number of fused-ring (bicyclic) bond motifs is 3. The van der Waals surface area contributed by atoms with Gasteiger partial charge in [-0.2, -0.15) is 0 Å². The second-order valence-electron chi connectivity index (χ2n) is 5.60. The number of rotatable bonds is 0. The van der Waals surface area contributed by atoms with Crippen LogP contribution in [0.4, 0.5) is 0 Å². The van der Waals surface area contributed by atoms with Gasteiger partial charge >= 0.3 is 0 Å². The average Bonchev–Trinajstić information content (AvgIpc) is 2.65. The number of hydrogen-bond donors (Lipinski definition) is 1. The molecule has 3 heteroatoms. The molecule has 17 heavy (non-hydrogen) atoms. The Kier molecular flexibility index (Phi) is 3.46. The van der Waals surface area contributed by atoms with Crippen LogP contribution in [0.25, 0.3) is 0 Å². The molecule has 1 aliphatic heterocycles. The van der Waals surface area contributed by atoms with E-state index in [1.807, 2.05) is 0 Å². The molecule has 1 aromatic rings. The molecule has 0 unspecified atom stereocenters. The molecule has 0 amide bonds. The van der Waals surface area contributed by atoms with Crippen molar-refractivity contribution in [2.45, 2.75) is 32.6 Å². The van der Waals surface area contributed by atoms with Crippen molar-refractivity contribution in [3.05, 3.63) is 33.8 Å². The van der Waals surface area contributed by atoms with E-state index in [-0.39, 0.29) is 12.4 Å². The smallest absolute Gasteiger partial charge is 0.0470 e. The maximum absolute atomic E-state index is 6.43. The summed E-state index contributed by atoms with van der Waals surface area (Å²) in [4.78, 5) is 0. The molecule has 1 saturated heterocycles. The minimum atomic E-state index is 0. The molecular weight excluding hydrogens is 253 g/mol. The first-order valence-corrected chi connectivity index (χ1v) is 6.48. The Labute approximate surface area is 114 Å². The van der Waals surface area contributed by atoms with E-state index in [0.29, 0.717) is 11.3 Å². The lowest BCUT2D eigenvalue weighted by molar-refractivity contribution is 0.277. The van der Waals surface area contributed by atoms with Gasteiger partial charge in [0.05, 0.1) is 0 Å². The van der Waals surface area contributed by atoms with E-state index in [2.05, 4.69) is 31.3 Å². The van der Waals surface area contributed by atoms with Crippen molar-refractivity contribution in [1.29, 1.82) is 0 Å². The minimum Gasteiger partial charge on any atom is -0.316 e. The summed E-state index contributed by atoms with van der Waals surface area (Å²) in [7, 11) is 0. The van der Waals surface area contributed by atoms with E-state index in [1.54, 1.807) is 0 Å². The lowest BCUT2D eigenvalue weighted by atomic mass is 9.67. The van der Waals surface area contributed by atoms with Gasteiger partial charge in [0.25, 0.3) is 0 Å². The van der Waals surface area contributed by atoms with Gasteiger partial charge in [0.1, 0.15) is 0 Å². The predicted molar refractivity (Wildman–Crippen MR) is 75.5 cm³/mol. The summed E-state index contributed by atoms with van der Waals surface area (Å²) in [5, 5.41) is 4.54. The molecule has 1 aromatic carbocycles. The molecule has 0 aromatic heterocycles. The molecule has 3 rings (SSSR count). The van der Waals surface area contributed by atoms with E-state index in [9.17, 15) is 0 Å². The molecule has 94 valence electrons. The lowest BCUT2D eigenvalue weighted by Crippen LogP contribution is -2.30. The predicted octanol–water partition coefficient (Wildman–Crippen LogP) is 3.71. The Balaban J connectivity index is 0.00000108. The number of halogens is 2. The summed E-state index contributed by atoms with van der Waals surface area (Å²) in [6, 6.07) is 4.47. The summed E-state index contributed by atoms with van der Waals surface area (Å²) in [6.45, 7) is 6.78. The van der Waals surface area contributed by atoms with E-state index in [0.717, 1.165) is 24.5 Å². The highest BCUT2D eigenvalue weighted by Gasteiger charge is 2.43. The van der Waals surface area contributed by atoms with Gasteiger partial charge in [-0.15, -0.1) is 12.4 Å². The van der Waals surface area contributed by atoms with Crippen LogP contribution in [-0.4, -0.2) is 13.1 Å². The van der Waals surface area contributed by atoms with Crippen LogP contribution in [0.1, 0.15) is 36.0 Å². The molecule has 0 bridgehead atoms. The van der Waals surface area contributed by atoms with Crippen molar-refractivity contribution >= 4 is 24.0 Å². The summed E-state index contributed by atoms with van der Waals surface area (Å²) < 4.78 is 0. The Morgan fingerprint density at radius 2 is 2.18 bits per heavy atom. The molecule has 1 heterocycles. The van der Waals surface area contributed by atoms with Gasteiger partial charge in [0.15, 0.2) is 0 Å². The molecule has 0 spiro atoms. The van der Waals surface area contributed by atoms with Crippen molar-refractivity contribution in [1.82, 2.24) is 5.32 Å². The van der Waals surface area contributed by atoms with Crippen molar-refractivity contribution in [3.63, 3.8) is 0 Å². The summed E-state index contributed by atoms with van der Waals surface area (Å²) in [5.74, 6) is 0.661. The van der Waals surface area contributed by atoms with Crippen molar-refractivity contribution in [2.75, 3.05) is 13.1 Å². The second kappa shape index (κ2) is 4.46. The molecule has 2 atom stereocenters. The normalized spacial score (nSPS) is 30.4. The van der Waals surface area contributed by atoms with Crippen LogP contribution < -0.4 is 5.32 Å². The molecule has 1 N–H and O–H groups in total. The van der Waals surface area contributed by atoms with E-state index >= 15 is 0 Å². The third-order valence-corrected chi connectivity index (χ3v) is 5.04. The molecular formula is C14H19Cl2N. The minimum absolute atomic E-state index is 0. The van der Waals surface area contributed by atoms with E-state index < -0.39 is 0 Å². The highest BCUT2D eigenvalue weighted by molar-refractivity contribution is 6.32. The molecule has 2 aliphatic rings. The van der Waals surface area contributed by atoms with Gasteiger partial charge in [-0.05, 0) is 41.9 Å².